The van der Waals surface area contributed by atoms with Crippen LogP contribution in [0.2, 0.25) is 0 Å². The van der Waals surface area contributed by atoms with E-state index in [-0.39, 0.29) is 18.1 Å². The Morgan fingerprint density at radius 1 is 1.59 bits per heavy atom. The fraction of sp³-hybridized carbons (Fsp3) is 0.917. The molecule has 0 radical (unpaired) electrons. The second-order valence-corrected chi connectivity index (χ2v) is 4.91. The molecule has 0 bridgehead atoms. The lowest BCUT2D eigenvalue weighted by molar-refractivity contribution is -0.122. The summed E-state index contributed by atoms with van der Waals surface area (Å²) in [6.07, 6.45) is 2.12. The summed E-state index contributed by atoms with van der Waals surface area (Å²) in [5.41, 5.74) is 5.78. The van der Waals surface area contributed by atoms with Gasteiger partial charge in [0.1, 0.15) is 0 Å². The maximum absolute atomic E-state index is 11.6. The molecule has 1 rings (SSSR count). The molecule has 17 heavy (non-hydrogen) atoms. The number of hydrogen-bond acceptors (Lipinski definition) is 4. The normalized spacial score (nSPS) is 21.1. The third-order valence-corrected chi connectivity index (χ3v) is 2.77. The van der Waals surface area contributed by atoms with E-state index in [1.807, 2.05) is 13.8 Å². The van der Waals surface area contributed by atoms with E-state index >= 15 is 0 Å². The van der Waals surface area contributed by atoms with Gasteiger partial charge in [0.2, 0.25) is 5.91 Å². The first-order valence-electron chi connectivity index (χ1n) is 6.44. The van der Waals surface area contributed by atoms with Crippen LogP contribution in [0.3, 0.4) is 0 Å². The highest BCUT2D eigenvalue weighted by atomic mass is 16.5. The van der Waals surface area contributed by atoms with Gasteiger partial charge in [-0.15, -0.1) is 0 Å². The van der Waals surface area contributed by atoms with E-state index in [1.54, 1.807) is 0 Å². The second kappa shape index (κ2) is 7.63. The van der Waals surface area contributed by atoms with Gasteiger partial charge in [-0.1, -0.05) is 0 Å². The van der Waals surface area contributed by atoms with Crippen molar-refractivity contribution >= 4 is 5.91 Å². The monoisotopic (exact) mass is 243 g/mol. The van der Waals surface area contributed by atoms with Gasteiger partial charge in [0.15, 0.2) is 0 Å². The zero-order valence-electron chi connectivity index (χ0n) is 10.9. The van der Waals surface area contributed by atoms with Crippen LogP contribution in [0.15, 0.2) is 0 Å². The standard InChI is InChI=1S/C12H25N3O2/c1-10(2)17-7-3-5-14-12(16)9-15-6-4-11(13)8-15/h10-11H,3-9,13H2,1-2H3,(H,14,16). The average molecular weight is 243 g/mol. The first kappa shape index (κ1) is 14.4. The molecule has 1 atom stereocenters. The van der Waals surface area contributed by atoms with E-state index in [4.69, 9.17) is 10.5 Å². The Balaban J connectivity index is 1.98. The van der Waals surface area contributed by atoms with Gasteiger partial charge in [0.25, 0.3) is 0 Å². The van der Waals surface area contributed by atoms with Crippen molar-refractivity contribution in [3.8, 4) is 0 Å². The van der Waals surface area contributed by atoms with Crippen LogP contribution in [0, 0.1) is 0 Å². The minimum absolute atomic E-state index is 0.0867. The molecule has 1 amide bonds. The topological polar surface area (TPSA) is 67.6 Å². The molecule has 0 aromatic carbocycles. The van der Waals surface area contributed by atoms with Gasteiger partial charge in [-0.25, -0.2) is 0 Å². The molecule has 3 N–H and O–H groups in total. The lowest BCUT2D eigenvalue weighted by Crippen LogP contribution is -2.37. The molecule has 1 unspecified atom stereocenters. The molecule has 1 aliphatic rings. The van der Waals surface area contributed by atoms with Crippen molar-refractivity contribution in [1.82, 2.24) is 10.2 Å². The zero-order chi connectivity index (χ0) is 12.7. The largest absolute Gasteiger partial charge is 0.379 e. The molecule has 0 aliphatic carbocycles. The molecule has 5 heteroatoms. The van der Waals surface area contributed by atoms with Crippen molar-refractivity contribution in [3.05, 3.63) is 0 Å². The van der Waals surface area contributed by atoms with Crippen LogP contribution in [0.1, 0.15) is 26.7 Å². The summed E-state index contributed by atoms with van der Waals surface area (Å²) in [5.74, 6) is 0.0867. The summed E-state index contributed by atoms with van der Waals surface area (Å²) in [6, 6.07) is 0.238. The van der Waals surface area contributed by atoms with Crippen molar-refractivity contribution in [1.29, 1.82) is 0 Å². The molecule has 1 saturated heterocycles. The molecular weight excluding hydrogens is 218 g/mol. The summed E-state index contributed by atoms with van der Waals surface area (Å²) in [5, 5.41) is 2.90. The van der Waals surface area contributed by atoms with Crippen molar-refractivity contribution in [2.75, 3.05) is 32.8 Å². The van der Waals surface area contributed by atoms with Crippen molar-refractivity contribution < 1.29 is 9.53 Å². The van der Waals surface area contributed by atoms with Crippen LogP contribution in [0.25, 0.3) is 0 Å². The van der Waals surface area contributed by atoms with Crippen LogP contribution in [0.4, 0.5) is 0 Å². The van der Waals surface area contributed by atoms with E-state index in [2.05, 4.69) is 10.2 Å². The number of carbonyl (C=O) groups is 1. The van der Waals surface area contributed by atoms with Gasteiger partial charge in [-0.05, 0) is 26.7 Å². The first-order valence-corrected chi connectivity index (χ1v) is 6.44. The molecule has 0 aromatic heterocycles. The fourth-order valence-electron chi connectivity index (χ4n) is 1.88. The Labute approximate surface area is 104 Å². The maximum Gasteiger partial charge on any atom is 0.234 e. The third kappa shape index (κ3) is 6.61. The molecule has 0 spiro atoms. The fourth-order valence-corrected chi connectivity index (χ4v) is 1.88. The van der Waals surface area contributed by atoms with Crippen molar-refractivity contribution in [2.24, 2.45) is 5.73 Å². The van der Waals surface area contributed by atoms with Crippen LogP contribution < -0.4 is 11.1 Å². The van der Waals surface area contributed by atoms with E-state index in [0.717, 1.165) is 25.9 Å². The smallest absolute Gasteiger partial charge is 0.234 e. The van der Waals surface area contributed by atoms with Crippen molar-refractivity contribution in [3.63, 3.8) is 0 Å². The molecule has 100 valence electrons. The number of likely N-dealkylation sites (tertiary alicyclic amines) is 1. The minimum atomic E-state index is 0.0867. The maximum atomic E-state index is 11.6. The zero-order valence-corrected chi connectivity index (χ0v) is 10.9. The molecule has 1 fully saturated rings. The van der Waals surface area contributed by atoms with Gasteiger partial charge in [-0.2, -0.15) is 0 Å². The average Bonchev–Trinajstić information content (AvgIpc) is 2.63. The molecule has 1 heterocycles. The SMILES string of the molecule is CC(C)OCCCNC(=O)CN1CCC(N)C1. The highest BCUT2D eigenvalue weighted by molar-refractivity contribution is 5.78. The van der Waals surface area contributed by atoms with E-state index in [0.29, 0.717) is 19.7 Å². The summed E-state index contributed by atoms with van der Waals surface area (Å²) in [4.78, 5) is 13.7. The number of amides is 1. The van der Waals surface area contributed by atoms with Crippen LogP contribution >= 0.6 is 0 Å². The number of nitrogens with two attached hydrogens (primary N) is 1. The first-order chi connectivity index (χ1) is 8.08. The highest BCUT2D eigenvalue weighted by Crippen LogP contribution is 2.05. The Hall–Kier alpha value is -0.650. The molecule has 0 saturated carbocycles. The number of ether oxygens (including phenoxy) is 1. The Morgan fingerprint density at radius 2 is 2.35 bits per heavy atom. The number of nitrogens with zero attached hydrogens (tertiary/aromatic N) is 1. The highest BCUT2D eigenvalue weighted by Gasteiger charge is 2.20. The summed E-state index contributed by atoms with van der Waals surface area (Å²) < 4.78 is 5.39. The summed E-state index contributed by atoms with van der Waals surface area (Å²) in [6.45, 7) is 7.65. The lowest BCUT2D eigenvalue weighted by atomic mass is 10.3. The Morgan fingerprint density at radius 3 is 2.94 bits per heavy atom. The van der Waals surface area contributed by atoms with Crippen LogP contribution in [-0.2, 0) is 9.53 Å². The van der Waals surface area contributed by atoms with Crippen molar-refractivity contribution in [2.45, 2.75) is 38.8 Å². The van der Waals surface area contributed by atoms with Crippen LogP contribution in [-0.4, -0.2) is 55.7 Å². The van der Waals surface area contributed by atoms with Gasteiger partial charge >= 0.3 is 0 Å². The van der Waals surface area contributed by atoms with Gasteiger partial charge in [-0.3, -0.25) is 9.69 Å². The lowest BCUT2D eigenvalue weighted by Gasteiger charge is -2.14. The number of nitrogens with one attached hydrogen (secondary N) is 1. The molecule has 0 aromatic rings. The number of carbonyl (C=O) groups excluding carboxylic acids is 1. The van der Waals surface area contributed by atoms with E-state index < -0.39 is 0 Å². The van der Waals surface area contributed by atoms with E-state index in [1.165, 1.54) is 0 Å². The second-order valence-electron chi connectivity index (χ2n) is 4.91. The van der Waals surface area contributed by atoms with Gasteiger partial charge < -0.3 is 15.8 Å². The van der Waals surface area contributed by atoms with Gasteiger partial charge in [0.05, 0.1) is 12.6 Å². The Bertz CT molecular complexity index is 234. The Kier molecular flexibility index (Phi) is 6.47. The molecular formula is C12H25N3O2. The van der Waals surface area contributed by atoms with Gasteiger partial charge in [0, 0.05) is 32.3 Å². The third-order valence-electron chi connectivity index (χ3n) is 2.77. The molecule has 1 aliphatic heterocycles. The number of rotatable bonds is 7. The molecule has 5 nitrogen and oxygen atoms in total. The quantitative estimate of drug-likeness (QED) is 0.615. The number of hydrogen-bond donors (Lipinski definition) is 2. The summed E-state index contributed by atoms with van der Waals surface area (Å²) in [7, 11) is 0. The predicted octanol–water partition coefficient (Wildman–Crippen LogP) is -0.0493. The van der Waals surface area contributed by atoms with E-state index in [9.17, 15) is 4.79 Å². The minimum Gasteiger partial charge on any atom is -0.379 e. The predicted molar refractivity (Wildman–Crippen MR) is 67.7 cm³/mol. The van der Waals surface area contributed by atoms with Crippen LogP contribution in [0.5, 0.6) is 0 Å². The summed E-state index contributed by atoms with van der Waals surface area (Å²) >= 11 is 0.